The highest BCUT2D eigenvalue weighted by atomic mass is 16.2. The molecule has 4 aromatic rings. The molecule has 0 aliphatic rings. The lowest BCUT2D eigenvalue weighted by Gasteiger charge is -2.17. The van der Waals surface area contributed by atoms with Crippen LogP contribution in [0.5, 0.6) is 0 Å². The molecule has 0 saturated carbocycles. The van der Waals surface area contributed by atoms with Crippen LogP contribution in [-0.4, -0.2) is 39.4 Å². The van der Waals surface area contributed by atoms with Crippen LogP contribution in [0.2, 0.25) is 0 Å². The number of aryl methyl sites for hydroxylation is 1. The summed E-state index contributed by atoms with van der Waals surface area (Å²) in [4.78, 5) is 26.7. The largest absolute Gasteiger partial charge is 0.361 e. The van der Waals surface area contributed by atoms with E-state index in [0.29, 0.717) is 24.7 Å². The fourth-order valence-corrected chi connectivity index (χ4v) is 3.53. The number of hydrogen-bond acceptors (Lipinski definition) is 4. The summed E-state index contributed by atoms with van der Waals surface area (Å²) in [6.07, 6.45) is 2.87. The van der Waals surface area contributed by atoms with Crippen molar-refractivity contribution in [2.24, 2.45) is 0 Å². The Labute approximate surface area is 176 Å². The summed E-state index contributed by atoms with van der Waals surface area (Å²) >= 11 is 0. The number of aromatic amines is 1. The molecule has 0 unspecified atom stereocenters. The highest BCUT2D eigenvalue weighted by Gasteiger charge is 2.15. The fraction of sp³-hybridized carbons (Fsp3) is 0.208. The summed E-state index contributed by atoms with van der Waals surface area (Å²) in [7, 11) is 1.79. The van der Waals surface area contributed by atoms with Crippen LogP contribution in [0.4, 0.5) is 5.95 Å². The van der Waals surface area contributed by atoms with Gasteiger partial charge in [-0.1, -0.05) is 48.5 Å². The Morgan fingerprint density at radius 3 is 2.67 bits per heavy atom. The molecule has 2 aromatic heterocycles. The lowest BCUT2D eigenvalue weighted by molar-refractivity contribution is 0.0779. The van der Waals surface area contributed by atoms with Crippen molar-refractivity contribution >= 4 is 22.8 Å². The van der Waals surface area contributed by atoms with Crippen LogP contribution in [0.1, 0.15) is 27.3 Å². The summed E-state index contributed by atoms with van der Waals surface area (Å²) in [5.41, 5.74) is 4.61. The van der Waals surface area contributed by atoms with Gasteiger partial charge in [0.15, 0.2) is 0 Å². The predicted molar refractivity (Wildman–Crippen MR) is 120 cm³/mol. The van der Waals surface area contributed by atoms with Crippen molar-refractivity contribution in [1.82, 2.24) is 19.9 Å². The van der Waals surface area contributed by atoms with Crippen LogP contribution in [0.25, 0.3) is 10.9 Å². The molecule has 30 heavy (non-hydrogen) atoms. The minimum atomic E-state index is -0.121. The van der Waals surface area contributed by atoms with Gasteiger partial charge in [-0.15, -0.1) is 0 Å². The molecule has 0 radical (unpaired) electrons. The number of benzene rings is 2. The zero-order valence-corrected chi connectivity index (χ0v) is 17.2. The predicted octanol–water partition coefficient (Wildman–Crippen LogP) is 4.19. The van der Waals surface area contributed by atoms with Crippen molar-refractivity contribution in [2.45, 2.75) is 19.9 Å². The quantitative estimate of drug-likeness (QED) is 0.489. The Kier molecular flexibility index (Phi) is 5.75. The normalized spacial score (nSPS) is 10.9. The van der Waals surface area contributed by atoms with E-state index in [2.05, 4.69) is 32.4 Å². The highest BCUT2D eigenvalue weighted by Crippen LogP contribution is 2.18. The summed E-state index contributed by atoms with van der Waals surface area (Å²) in [6.45, 7) is 3.09. The molecule has 0 fully saturated rings. The number of aromatic nitrogens is 3. The van der Waals surface area contributed by atoms with E-state index in [1.54, 1.807) is 18.0 Å². The van der Waals surface area contributed by atoms with E-state index in [9.17, 15) is 4.79 Å². The molecule has 0 bridgehead atoms. The Morgan fingerprint density at radius 2 is 1.83 bits per heavy atom. The minimum absolute atomic E-state index is 0.121. The van der Waals surface area contributed by atoms with Gasteiger partial charge in [0, 0.05) is 42.9 Å². The molecule has 4 rings (SSSR count). The maximum Gasteiger partial charge on any atom is 0.272 e. The molecule has 6 nitrogen and oxygen atoms in total. The van der Waals surface area contributed by atoms with E-state index in [1.807, 2.05) is 55.6 Å². The molecule has 0 spiro atoms. The monoisotopic (exact) mass is 399 g/mol. The molecule has 0 atom stereocenters. The van der Waals surface area contributed by atoms with Gasteiger partial charge in [0.1, 0.15) is 5.69 Å². The third-order valence-electron chi connectivity index (χ3n) is 5.03. The lowest BCUT2D eigenvalue weighted by Crippen LogP contribution is -2.27. The first-order valence-corrected chi connectivity index (χ1v) is 10.0. The fourth-order valence-electron chi connectivity index (χ4n) is 3.53. The van der Waals surface area contributed by atoms with Crippen molar-refractivity contribution in [3.8, 4) is 0 Å². The Morgan fingerprint density at radius 1 is 1.07 bits per heavy atom. The maximum atomic E-state index is 12.9. The number of fused-ring (bicyclic) bond motifs is 1. The zero-order valence-electron chi connectivity index (χ0n) is 17.2. The van der Waals surface area contributed by atoms with Gasteiger partial charge in [-0.2, -0.15) is 0 Å². The van der Waals surface area contributed by atoms with E-state index in [1.165, 1.54) is 10.9 Å². The van der Waals surface area contributed by atoms with Crippen molar-refractivity contribution < 1.29 is 4.79 Å². The van der Waals surface area contributed by atoms with Crippen molar-refractivity contribution in [2.75, 3.05) is 18.9 Å². The van der Waals surface area contributed by atoms with Gasteiger partial charge in [0.05, 0.1) is 0 Å². The van der Waals surface area contributed by atoms with Crippen LogP contribution in [-0.2, 0) is 13.0 Å². The van der Waals surface area contributed by atoms with Crippen LogP contribution in [0.3, 0.4) is 0 Å². The molecule has 6 heteroatoms. The second-order valence-corrected chi connectivity index (χ2v) is 7.40. The van der Waals surface area contributed by atoms with Gasteiger partial charge in [-0.3, -0.25) is 4.79 Å². The molecule has 2 aromatic carbocycles. The summed E-state index contributed by atoms with van der Waals surface area (Å²) < 4.78 is 0. The smallest absolute Gasteiger partial charge is 0.272 e. The molecular formula is C24H25N5O. The minimum Gasteiger partial charge on any atom is -0.361 e. The number of amides is 1. The molecule has 0 aliphatic heterocycles. The molecule has 0 saturated heterocycles. The van der Waals surface area contributed by atoms with E-state index in [0.717, 1.165) is 23.2 Å². The zero-order chi connectivity index (χ0) is 20.9. The third kappa shape index (κ3) is 4.49. The van der Waals surface area contributed by atoms with E-state index in [4.69, 9.17) is 0 Å². The second-order valence-electron chi connectivity index (χ2n) is 7.40. The molecular weight excluding hydrogens is 374 g/mol. The SMILES string of the molecule is Cc1cc(C(=O)N(C)Cc2ccccc2)nc(NCCc2c[nH]c3ccccc23)n1. The Balaban J connectivity index is 1.41. The number of H-pyrrole nitrogens is 1. The molecule has 2 N–H and O–H groups in total. The van der Waals surface area contributed by atoms with E-state index < -0.39 is 0 Å². The van der Waals surface area contributed by atoms with Crippen LogP contribution >= 0.6 is 0 Å². The Bertz CT molecular complexity index is 1150. The summed E-state index contributed by atoms with van der Waals surface area (Å²) in [5, 5.41) is 4.49. The van der Waals surface area contributed by atoms with Gasteiger partial charge in [0.25, 0.3) is 5.91 Å². The summed E-state index contributed by atoms with van der Waals surface area (Å²) in [6, 6.07) is 19.9. The number of nitrogens with one attached hydrogen (secondary N) is 2. The molecule has 1 amide bonds. The average molecular weight is 399 g/mol. The number of anilines is 1. The first kappa shape index (κ1) is 19.6. The van der Waals surface area contributed by atoms with Crippen molar-refractivity contribution in [1.29, 1.82) is 0 Å². The molecule has 152 valence electrons. The van der Waals surface area contributed by atoms with Gasteiger partial charge in [-0.25, -0.2) is 9.97 Å². The molecule has 0 aliphatic carbocycles. The van der Waals surface area contributed by atoms with Crippen molar-refractivity contribution in [3.63, 3.8) is 0 Å². The second kappa shape index (κ2) is 8.78. The van der Waals surface area contributed by atoms with E-state index >= 15 is 0 Å². The van der Waals surface area contributed by atoms with Gasteiger partial charge in [-0.05, 0) is 36.6 Å². The highest BCUT2D eigenvalue weighted by molar-refractivity contribution is 5.92. The number of hydrogen-bond donors (Lipinski definition) is 2. The van der Waals surface area contributed by atoms with Crippen LogP contribution in [0, 0.1) is 6.92 Å². The number of nitrogens with zero attached hydrogens (tertiary/aromatic N) is 3. The number of carbonyl (C=O) groups excluding carboxylic acids is 1. The van der Waals surface area contributed by atoms with Gasteiger partial charge >= 0.3 is 0 Å². The topological polar surface area (TPSA) is 73.9 Å². The maximum absolute atomic E-state index is 12.9. The van der Waals surface area contributed by atoms with Gasteiger partial charge in [0.2, 0.25) is 5.95 Å². The van der Waals surface area contributed by atoms with E-state index in [-0.39, 0.29) is 5.91 Å². The van der Waals surface area contributed by atoms with Crippen molar-refractivity contribution in [3.05, 3.63) is 89.4 Å². The third-order valence-corrected chi connectivity index (χ3v) is 5.03. The van der Waals surface area contributed by atoms with Gasteiger partial charge < -0.3 is 15.2 Å². The van der Waals surface area contributed by atoms with Crippen LogP contribution in [0.15, 0.2) is 66.9 Å². The number of rotatable bonds is 7. The first-order valence-electron chi connectivity index (χ1n) is 10.0. The molecule has 2 heterocycles. The summed E-state index contributed by atoms with van der Waals surface area (Å²) in [5.74, 6) is 0.357. The van der Waals surface area contributed by atoms with Crippen LogP contribution < -0.4 is 5.32 Å². The number of carbonyl (C=O) groups is 1. The average Bonchev–Trinajstić information content (AvgIpc) is 3.17. The number of para-hydroxylation sites is 1. The standard InChI is InChI=1S/C24H25N5O/c1-17-14-22(23(30)29(2)16-18-8-4-3-5-9-18)28-24(27-17)25-13-12-19-15-26-21-11-7-6-10-20(19)21/h3-11,14-15,26H,12-13,16H2,1-2H3,(H,25,27,28). The lowest BCUT2D eigenvalue weighted by atomic mass is 10.1. The Hall–Kier alpha value is -3.67. The first-order chi connectivity index (χ1) is 14.6.